The zero-order valence-electron chi connectivity index (χ0n) is 19.8. The highest BCUT2D eigenvalue weighted by Crippen LogP contribution is 2.30. The Bertz CT molecular complexity index is 1100. The predicted molar refractivity (Wildman–Crippen MR) is 131 cm³/mol. The van der Waals surface area contributed by atoms with Gasteiger partial charge in [-0.2, -0.15) is 5.10 Å². The van der Waals surface area contributed by atoms with Crippen LogP contribution in [0.5, 0.6) is 0 Å². The molecule has 3 aromatic rings. The molecule has 1 saturated heterocycles. The molecule has 1 aliphatic heterocycles. The van der Waals surface area contributed by atoms with Crippen molar-refractivity contribution in [1.29, 1.82) is 0 Å². The summed E-state index contributed by atoms with van der Waals surface area (Å²) in [5, 5.41) is 6.01. The fourth-order valence-corrected chi connectivity index (χ4v) is 5.99. The summed E-state index contributed by atoms with van der Waals surface area (Å²) in [5.74, 6) is 0.548. The van der Waals surface area contributed by atoms with Crippen LogP contribution in [0.15, 0.2) is 24.3 Å². The minimum atomic E-state index is 0.0616. The molecule has 5 rings (SSSR count). The first-order valence-electron chi connectivity index (χ1n) is 12.0. The maximum absolute atomic E-state index is 13.4. The summed E-state index contributed by atoms with van der Waals surface area (Å²) in [7, 11) is 2.18. The number of ether oxygens (including phenoxy) is 1. The van der Waals surface area contributed by atoms with Crippen LogP contribution in [0.4, 0.5) is 0 Å². The van der Waals surface area contributed by atoms with Crippen LogP contribution in [0.25, 0.3) is 10.2 Å². The van der Waals surface area contributed by atoms with Gasteiger partial charge in [0.05, 0.1) is 30.0 Å². The van der Waals surface area contributed by atoms with E-state index in [4.69, 9.17) is 14.8 Å². The van der Waals surface area contributed by atoms with Crippen LogP contribution in [-0.2, 0) is 30.7 Å². The first kappa shape index (κ1) is 22.5. The number of hydrogen-bond donors (Lipinski definition) is 0. The summed E-state index contributed by atoms with van der Waals surface area (Å²) < 4.78 is 8.80. The Morgan fingerprint density at radius 3 is 2.82 bits per heavy atom. The maximum atomic E-state index is 13.4. The minimum absolute atomic E-state index is 0.0616. The molecule has 1 atom stereocenters. The van der Waals surface area contributed by atoms with Crippen LogP contribution in [0.2, 0.25) is 0 Å². The quantitative estimate of drug-likeness (QED) is 0.554. The molecule has 0 spiro atoms. The second kappa shape index (κ2) is 9.52. The number of rotatable bonds is 6. The summed E-state index contributed by atoms with van der Waals surface area (Å²) in [5.41, 5.74) is 4.14. The van der Waals surface area contributed by atoms with E-state index in [2.05, 4.69) is 48.7 Å². The zero-order valence-corrected chi connectivity index (χ0v) is 20.6. The largest absolute Gasteiger partial charge is 0.378 e. The third-order valence-electron chi connectivity index (χ3n) is 6.71. The van der Waals surface area contributed by atoms with Gasteiger partial charge < -0.3 is 9.64 Å². The topological polar surface area (TPSA) is 63.5 Å². The third kappa shape index (κ3) is 4.69. The molecule has 176 valence electrons. The molecule has 0 saturated carbocycles. The maximum Gasteiger partial charge on any atom is 0.274 e. The number of benzene rings is 1. The monoisotopic (exact) mass is 467 g/mol. The van der Waals surface area contributed by atoms with E-state index >= 15 is 0 Å². The molecule has 1 aliphatic carbocycles. The van der Waals surface area contributed by atoms with Crippen LogP contribution < -0.4 is 0 Å². The number of nitrogens with zero attached hydrogens (tertiary/aromatic N) is 5. The van der Waals surface area contributed by atoms with Gasteiger partial charge in [-0.15, -0.1) is 11.3 Å². The van der Waals surface area contributed by atoms with Gasteiger partial charge in [0.15, 0.2) is 5.69 Å². The van der Waals surface area contributed by atoms with Crippen molar-refractivity contribution in [3.8, 4) is 0 Å². The highest BCUT2D eigenvalue weighted by molar-refractivity contribution is 7.18. The average molecular weight is 468 g/mol. The fourth-order valence-electron chi connectivity index (χ4n) is 4.96. The molecule has 0 radical (unpaired) electrons. The lowest BCUT2D eigenvalue weighted by molar-refractivity contribution is 0.0297. The van der Waals surface area contributed by atoms with Crippen molar-refractivity contribution in [2.24, 2.45) is 5.92 Å². The molecule has 7 nitrogen and oxygen atoms in total. The van der Waals surface area contributed by atoms with Gasteiger partial charge >= 0.3 is 0 Å². The molecule has 3 heterocycles. The Morgan fingerprint density at radius 1 is 1.27 bits per heavy atom. The van der Waals surface area contributed by atoms with E-state index < -0.39 is 0 Å². The number of thiazole rings is 1. The lowest BCUT2D eigenvalue weighted by atomic mass is 9.90. The SMILES string of the molecule is CC(C)Cn1nc(C(=O)N2CCOCC2)c2c1CC[C@H](N(C)Cc1nc3ccccc3s1)C2. The van der Waals surface area contributed by atoms with E-state index in [1.165, 1.54) is 10.4 Å². The minimum Gasteiger partial charge on any atom is -0.378 e. The molecule has 0 N–H and O–H groups in total. The highest BCUT2D eigenvalue weighted by atomic mass is 32.1. The van der Waals surface area contributed by atoms with E-state index in [-0.39, 0.29) is 5.91 Å². The molecular formula is C25H33N5O2S. The highest BCUT2D eigenvalue weighted by Gasteiger charge is 2.33. The third-order valence-corrected chi connectivity index (χ3v) is 7.73. The Morgan fingerprint density at radius 2 is 2.06 bits per heavy atom. The van der Waals surface area contributed by atoms with Crippen molar-refractivity contribution < 1.29 is 9.53 Å². The molecule has 0 bridgehead atoms. The lowest BCUT2D eigenvalue weighted by Gasteiger charge is -2.32. The van der Waals surface area contributed by atoms with Gasteiger partial charge in [-0.1, -0.05) is 26.0 Å². The molecule has 33 heavy (non-hydrogen) atoms. The smallest absolute Gasteiger partial charge is 0.274 e. The van der Waals surface area contributed by atoms with Crippen molar-refractivity contribution in [2.75, 3.05) is 33.4 Å². The van der Waals surface area contributed by atoms with Crippen LogP contribution in [0, 0.1) is 5.92 Å². The Balaban J connectivity index is 1.37. The van der Waals surface area contributed by atoms with E-state index in [0.717, 1.165) is 48.4 Å². The number of hydrogen-bond acceptors (Lipinski definition) is 6. The van der Waals surface area contributed by atoms with E-state index in [0.29, 0.717) is 44.0 Å². The Kier molecular flexibility index (Phi) is 6.49. The van der Waals surface area contributed by atoms with Crippen molar-refractivity contribution in [3.63, 3.8) is 0 Å². The van der Waals surface area contributed by atoms with Crippen LogP contribution in [-0.4, -0.2) is 69.9 Å². The van der Waals surface area contributed by atoms with Crippen LogP contribution in [0.1, 0.15) is 47.0 Å². The van der Waals surface area contributed by atoms with Crippen LogP contribution in [0.3, 0.4) is 0 Å². The standard InChI is InChI=1S/C25H33N5O2S/c1-17(2)15-30-21-9-8-18(28(3)16-23-26-20-6-4-5-7-22(20)33-23)14-19(21)24(27-30)25(31)29-10-12-32-13-11-29/h4-7,17-18H,8-16H2,1-3H3/t18-/m0/s1. The summed E-state index contributed by atoms with van der Waals surface area (Å²) in [6.45, 7) is 8.58. The summed E-state index contributed by atoms with van der Waals surface area (Å²) in [4.78, 5) is 22.5. The van der Waals surface area contributed by atoms with Crippen LogP contribution >= 0.6 is 11.3 Å². The second-order valence-electron chi connectivity index (χ2n) is 9.64. The summed E-state index contributed by atoms with van der Waals surface area (Å²) >= 11 is 1.77. The average Bonchev–Trinajstić information content (AvgIpc) is 3.39. The summed E-state index contributed by atoms with van der Waals surface area (Å²) in [6, 6.07) is 8.70. The number of aromatic nitrogens is 3. The van der Waals surface area contributed by atoms with E-state index in [1.807, 2.05) is 11.0 Å². The zero-order chi connectivity index (χ0) is 22.9. The number of carbonyl (C=O) groups is 1. The number of carbonyl (C=O) groups excluding carboxylic acids is 1. The fraction of sp³-hybridized carbons (Fsp3) is 0.560. The Hall–Kier alpha value is -2.29. The van der Waals surface area contributed by atoms with Crippen molar-refractivity contribution in [1.82, 2.24) is 24.6 Å². The number of amides is 1. The first-order valence-corrected chi connectivity index (χ1v) is 12.8. The van der Waals surface area contributed by atoms with E-state index in [9.17, 15) is 4.79 Å². The molecule has 0 unspecified atom stereocenters. The lowest BCUT2D eigenvalue weighted by Crippen LogP contribution is -2.42. The van der Waals surface area contributed by atoms with Crippen molar-refractivity contribution in [2.45, 2.75) is 52.2 Å². The Labute approximate surface area is 199 Å². The van der Waals surface area contributed by atoms with Gasteiger partial charge in [0.1, 0.15) is 5.01 Å². The predicted octanol–water partition coefficient (Wildman–Crippen LogP) is 3.61. The molecular weight excluding hydrogens is 434 g/mol. The number of para-hydroxylation sites is 1. The second-order valence-corrected chi connectivity index (χ2v) is 10.8. The van der Waals surface area contributed by atoms with Gasteiger partial charge in [0.25, 0.3) is 5.91 Å². The first-order chi connectivity index (χ1) is 16.0. The number of fused-ring (bicyclic) bond motifs is 2. The molecule has 2 aliphatic rings. The number of likely N-dealkylation sites (N-methyl/N-ethyl adjacent to an activating group) is 1. The van der Waals surface area contributed by atoms with E-state index in [1.54, 1.807) is 11.3 Å². The molecule has 1 fully saturated rings. The van der Waals surface area contributed by atoms with Gasteiger partial charge in [0.2, 0.25) is 0 Å². The summed E-state index contributed by atoms with van der Waals surface area (Å²) in [6.07, 6.45) is 2.89. The molecule has 2 aromatic heterocycles. The van der Waals surface area contributed by atoms with Gasteiger partial charge in [-0.3, -0.25) is 14.4 Å². The molecule has 1 aromatic carbocycles. The normalized spacial score (nSPS) is 18.9. The molecule has 1 amide bonds. The number of morpholine rings is 1. The van der Waals surface area contributed by atoms with Crippen molar-refractivity contribution in [3.05, 3.63) is 46.2 Å². The van der Waals surface area contributed by atoms with Gasteiger partial charge in [-0.05, 0) is 44.4 Å². The van der Waals surface area contributed by atoms with Gasteiger partial charge in [-0.25, -0.2) is 4.98 Å². The van der Waals surface area contributed by atoms with Gasteiger partial charge in [0, 0.05) is 36.9 Å². The van der Waals surface area contributed by atoms with Crippen molar-refractivity contribution >= 4 is 27.5 Å². The molecule has 8 heteroatoms.